The lowest BCUT2D eigenvalue weighted by Crippen LogP contribution is -1.99. The predicted molar refractivity (Wildman–Crippen MR) is 86.8 cm³/mol. The maximum Gasteiger partial charge on any atom is 0.269 e. The van der Waals surface area contributed by atoms with Crippen molar-refractivity contribution in [1.29, 1.82) is 0 Å². The lowest BCUT2D eigenvalue weighted by molar-refractivity contribution is -0.384. The van der Waals surface area contributed by atoms with Crippen molar-refractivity contribution in [2.75, 3.05) is 18.5 Å². The second-order valence-corrected chi connectivity index (χ2v) is 4.66. The van der Waals surface area contributed by atoms with E-state index < -0.39 is 4.92 Å². The Bertz CT molecular complexity index is 610. The molecular weight excluding hydrogens is 280 g/mol. The van der Waals surface area contributed by atoms with Crippen LogP contribution in [0.25, 0.3) is 0 Å². The summed E-state index contributed by atoms with van der Waals surface area (Å²) in [6.07, 6.45) is 3.91. The van der Waals surface area contributed by atoms with Gasteiger partial charge in [0.05, 0.1) is 18.1 Å². The summed E-state index contributed by atoms with van der Waals surface area (Å²) in [6, 6.07) is 16.4. The summed E-state index contributed by atoms with van der Waals surface area (Å²) < 4.78 is 5.52. The minimum Gasteiger partial charge on any atom is -0.382 e. The molecule has 1 N–H and O–H groups in total. The van der Waals surface area contributed by atoms with Crippen LogP contribution in [0.5, 0.6) is 0 Å². The molecule has 0 aromatic heterocycles. The number of non-ortho nitro benzene ring substituents is 1. The number of nitro groups is 1. The summed E-state index contributed by atoms with van der Waals surface area (Å²) in [4.78, 5) is 10.1. The Labute approximate surface area is 129 Å². The Morgan fingerprint density at radius 2 is 1.77 bits per heavy atom. The first-order chi connectivity index (χ1) is 10.8. The van der Waals surface area contributed by atoms with Crippen molar-refractivity contribution in [3.8, 4) is 0 Å². The molecule has 0 radical (unpaired) electrons. The minimum absolute atomic E-state index is 0.0930. The van der Waals surface area contributed by atoms with Crippen molar-refractivity contribution in [2.24, 2.45) is 0 Å². The van der Waals surface area contributed by atoms with Crippen molar-refractivity contribution in [3.63, 3.8) is 0 Å². The molecule has 0 spiro atoms. The van der Waals surface area contributed by atoms with E-state index in [9.17, 15) is 10.1 Å². The van der Waals surface area contributed by atoms with Gasteiger partial charge in [-0.05, 0) is 17.7 Å². The van der Waals surface area contributed by atoms with E-state index in [4.69, 9.17) is 4.74 Å². The Hall–Kier alpha value is -2.66. The zero-order valence-electron chi connectivity index (χ0n) is 12.1. The van der Waals surface area contributed by atoms with Gasteiger partial charge in [-0.1, -0.05) is 42.5 Å². The number of hydrogen-bond acceptors (Lipinski definition) is 4. The van der Waals surface area contributed by atoms with Crippen LogP contribution in [0.4, 0.5) is 11.4 Å². The summed E-state index contributed by atoms with van der Waals surface area (Å²) in [5.41, 5.74) is 2.09. The highest BCUT2D eigenvalue weighted by atomic mass is 16.6. The number of ether oxygens (including phenoxy) is 1. The zero-order valence-corrected chi connectivity index (χ0v) is 12.1. The van der Waals surface area contributed by atoms with Gasteiger partial charge in [-0.2, -0.15) is 0 Å². The highest BCUT2D eigenvalue weighted by Gasteiger charge is 2.02. The van der Waals surface area contributed by atoms with Crippen molar-refractivity contribution < 1.29 is 9.66 Å². The fourth-order valence-corrected chi connectivity index (χ4v) is 1.85. The van der Waals surface area contributed by atoms with Gasteiger partial charge in [0, 0.05) is 24.4 Å². The minimum atomic E-state index is -0.409. The normalized spacial score (nSPS) is 10.7. The molecule has 2 aromatic rings. The molecule has 0 aliphatic rings. The van der Waals surface area contributed by atoms with Gasteiger partial charge in [0.15, 0.2) is 0 Å². The largest absolute Gasteiger partial charge is 0.382 e. The number of benzene rings is 2. The third-order valence-electron chi connectivity index (χ3n) is 2.99. The highest BCUT2D eigenvalue weighted by Crippen LogP contribution is 2.14. The maximum atomic E-state index is 10.5. The first-order valence-electron chi connectivity index (χ1n) is 7.01. The summed E-state index contributed by atoms with van der Waals surface area (Å²) >= 11 is 0. The van der Waals surface area contributed by atoms with E-state index >= 15 is 0 Å². The molecule has 2 aromatic carbocycles. The van der Waals surface area contributed by atoms with Crippen LogP contribution < -0.4 is 5.32 Å². The number of nitrogens with one attached hydrogen (secondary N) is 1. The molecule has 0 atom stereocenters. The topological polar surface area (TPSA) is 64.4 Å². The van der Waals surface area contributed by atoms with E-state index in [1.807, 2.05) is 42.5 Å². The molecule has 22 heavy (non-hydrogen) atoms. The predicted octanol–water partition coefficient (Wildman–Crippen LogP) is 3.78. The summed E-state index contributed by atoms with van der Waals surface area (Å²) in [7, 11) is 0. The molecule has 0 bridgehead atoms. The van der Waals surface area contributed by atoms with E-state index in [1.54, 1.807) is 12.1 Å². The molecular formula is C17H18N2O3. The molecule has 5 nitrogen and oxygen atoms in total. The average Bonchev–Trinajstić information content (AvgIpc) is 2.55. The highest BCUT2D eigenvalue weighted by molar-refractivity contribution is 5.48. The molecule has 0 unspecified atom stereocenters. The first kappa shape index (κ1) is 15.7. The summed E-state index contributed by atoms with van der Waals surface area (Å²) in [5.74, 6) is 0. The molecule has 0 aliphatic carbocycles. The van der Waals surface area contributed by atoms with Crippen molar-refractivity contribution in [3.05, 3.63) is 82.4 Å². The second kappa shape index (κ2) is 8.59. The molecule has 0 saturated heterocycles. The molecule has 2 rings (SSSR count). The van der Waals surface area contributed by atoms with Gasteiger partial charge < -0.3 is 10.1 Å². The Morgan fingerprint density at radius 1 is 1.05 bits per heavy atom. The monoisotopic (exact) mass is 298 g/mol. The molecule has 0 aliphatic heterocycles. The average molecular weight is 298 g/mol. The fraction of sp³-hybridized carbons (Fsp3) is 0.176. The third kappa shape index (κ3) is 5.38. The van der Waals surface area contributed by atoms with Crippen molar-refractivity contribution in [2.45, 2.75) is 6.61 Å². The number of nitro benzene ring substituents is 1. The third-order valence-corrected chi connectivity index (χ3v) is 2.99. The zero-order chi connectivity index (χ0) is 15.6. The van der Waals surface area contributed by atoms with Crippen LogP contribution in [-0.4, -0.2) is 18.1 Å². The van der Waals surface area contributed by atoms with Crippen LogP contribution in [-0.2, 0) is 11.3 Å². The van der Waals surface area contributed by atoms with Gasteiger partial charge in [0.1, 0.15) is 0 Å². The van der Waals surface area contributed by atoms with Crippen LogP contribution in [0.2, 0.25) is 0 Å². The molecule has 0 saturated carbocycles. The van der Waals surface area contributed by atoms with Gasteiger partial charge >= 0.3 is 0 Å². The molecule has 0 amide bonds. The van der Waals surface area contributed by atoms with Gasteiger partial charge in [0.25, 0.3) is 5.69 Å². The second-order valence-electron chi connectivity index (χ2n) is 4.66. The summed E-state index contributed by atoms with van der Waals surface area (Å²) in [6.45, 7) is 1.80. The van der Waals surface area contributed by atoms with Gasteiger partial charge in [-0.3, -0.25) is 10.1 Å². The SMILES string of the molecule is O=[N+]([O-])c1ccc(NC/C=C\COCc2ccccc2)cc1. The Morgan fingerprint density at radius 3 is 2.45 bits per heavy atom. The van der Waals surface area contributed by atoms with E-state index in [0.29, 0.717) is 19.8 Å². The smallest absolute Gasteiger partial charge is 0.269 e. The molecule has 0 fully saturated rings. The van der Waals surface area contributed by atoms with Gasteiger partial charge in [0.2, 0.25) is 0 Å². The van der Waals surface area contributed by atoms with Crippen LogP contribution >= 0.6 is 0 Å². The van der Waals surface area contributed by atoms with Gasteiger partial charge in [-0.15, -0.1) is 0 Å². The van der Waals surface area contributed by atoms with E-state index in [1.165, 1.54) is 12.1 Å². The Balaban J connectivity index is 1.62. The fourth-order valence-electron chi connectivity index (χ4n) is 1.85. The van der Waals surface area contributed by atoms with E-state index in [2.05, 4.69) is 5.32 Å². The number of nitrogens with zero attached hydrogens (tertiary/aromatic N) is 1. The number of hydrogen-bond donors (Lipinski definition) is 1. The van der Waals surface area contributed by atoms with E-state index in [0.717, 1.165) is 11.3 Å². The number of rotatable bonds is 8. The van der Waals surface area contributed by atoms with Crippen LogP contribution in [0.15, 0.2) is 66.7 Å². The molecule has 5 heteroatoms. The standard InChI is InChI=1S/C17H18N2O3/c20-19(21)17-10-8-16(9-11-17)18-12-4-5-13-22-14-15-6-2-1-3-7-15/h1-11,18H,12-14H2/b5-4-. The lowest BCUT2D eigenvalue weighted by Gasteiger charge is -2.03. The van der Waals surface area contributed by atoms with Crippen molar-refractivity contribution in [1.82, 2.24) is 0 Å². The quantitative estimate of drug-likeness (QED) is 0.348. The van der Waals surface area contributed by atoms with Gasteiger partial charge in [-0.25, -0.2) is 0 Å². The van der Waals surface area contributed by atoms with Crippen LogP contribution in [0, 0.1) is 10.1 Å². The van der Waals surface area contributed by atoms with Crippen LogP contribution in [0.1, 0.15) is 5.56 Å². The van der Waals surface area contributed by atoms with Crippen LogP contribution in [0.3, 0.4) is 0 Å². The molecule has 114 valence electrons. The maximum absolute atomic E-state index is 10.5. The first-order valence-corrected chi connectivity index (χ1v) is 7.01. The van der Waals surface area contributed by atoms with E-state index in [-0.39, 0.29) is 5.69 Å². The number of anilines is 1. The summed E-state index contributed by atoms with van der Waals surface area (Å²) in [5, 5.41) is 13.7. The lowest BCUT2D eigenvalue weighted by atomic mass is 10.2. The van der Waals surface area contributed by atoms with Crippen molar-refractivity contribution >= 4 is 11.4 Å². The Kier molecular flexibility index (Phi) is 6.14. The molecule has 0 heterocycles.